The fraction of sp³-hybridized carbons (Fsp3) is 0.200. The smallest absolute Gasteiger partial charge is 0.272 e. The van der Waals surface area contributed by atoms with Crippen LogP contribution in [-0.4, -0.2) is 53.8 Å². The molecule has 0 saturated carbocycles. The molecule has 4 aromatic rings. The van der Waals surface area contributed by atoms with E-state index in [4.69, 9.17) is 4.52 Å². The van der Waals surface area contributed by atoms with E-state index >= 15 is 0 Å². The van der Waals surface area contributed by atoms with Crippen LogP contribution in [0.1, 0.15) is 22.3 Å². The lowest BCUT2D eigenvalue weighted by molar-refractivity contribution is 0.0558. The zero-order valence-corrected chi connectivity index (χ0v) is 15.6. The molecule has 0 bridgehead atoms. The van der Waals surface area contributed by atoms with Crippen LogP contribution in [0.5, 0.6) is 0 Å². The van der Waals surface area contributed by atoms with E-state index in [0.29, 0.717) is 36.2 Å². The molecule has 0 unspecified atom stereocenters. The number of carbonyl (C=O) groups is 1. The SMILES string of the molecule is Cn1nc(-c2ccccc2)cc1C(=O)N1CC(c2nc(-c3cnccn3)no2)C1. The number of aromatic nitrogens is 6. The quantitative estimate of drug-likeness (QED) is 0.529. The summed E-state index contributed by atoms with van der Waals surface area (Å²) in [5, 5.41) is 8.43. The van der Waals surface area contributed by atoms with Gasteiger partial charge in [0.15, 0.2) is 0 Å². The fourth-order valence-corrected chi connectivity index (χ4v) is 3.30. The number of benzene rings is 1. The summed E-state index contributed by atoms with van der Waals surface area (Å²) in [5.74, 6) is 0.854. The minimum atomic E-state index is -0.0629. The Morgan fingerprint density at radius 1 is 1.14 bits per heavy atom. The molecule has 1 saturated heterocycles. The molecule has 29 heavy (non-hydrogen) atoms. The van der Waals surface area contributed by atoms with Crippen LogP contribution in [0.25, 0.3) is 22.8 Å². The zero-order valence-electron chi connectivity index (χ0n) is 15.6. The van der Waals surface area contributed by atoms with Crippen molar-refractivity contribution >= 4 is 5.91 Å². The second kappa shape index (κ2) is 6.93. The lowest BCUT2D eigenvalue weighted by Crippen LogP contribution is -2.49. The lowest BCUT2D eigenvalue weighted by Gasteiger charge is -2.36. The van der Waals surface area contributed by atoms with Gasteiger partial charge in [-0.05, 0) is 6.07 Å². The summed E-state index contributed by atoms with van der Waals surface area (Å²) in [6.45, 7) is 1.04. The maximum Gasteiger partial charge on any atom is 0.272 e. The van der Waals surface area contributed by atoms with Gasteiger partial charge >= 0.3 is 0 Å². The standard InChI is InChI=1S/C20H17N7O2/c1-26-17(9-15(24-26)13-5-3-2-4-6-13)20(28)27-11-14(12-27)19-23-18(25-29-19)16-10-21-7-8-22-16/h2-10,14H,11-12H2,1H3. The Balaban J connectivity index is 1.27. The van der Waals surface area contributed by atoms with Gasteiger partial charge in [-0.2, -0.15) is 10.1 Å². The first-order chi connectivity index (χ1) is 14.2. The summed E-state index contributed by atoms with van der Waals surface area (Å²) in [4.78, 5) is 27.2. The minimum Gasteiger partial charge on any atom is -0.338 e. The van der Waals surface area contributed by atoms with Gasteiger partial charge < -0.3 is 9.42 Å². The van der Waals surface area contributed by atoms with Crippen LogP contribution in [-0.2, 0) is 7.05 Å². The van der Waals surface area contributed by atoms with Crippen LogP contribution in [0.4, 0.5) is 0 Å². The van der Waals surface area contributed by atoms with Crippen LogP contribution in [0.15, 0.2) is 59.5 Å². The van der Waals surface area contributed by atoms with Crippen LogP contribution >= 0.6 is 0 Å². The summed E-state index contributed by atoms with van der Waals surface area (Å²) in [7, 11) is 1.78. The van der Waals surface area contributed by atoms with Gasteiger partial charge in [0.25, 0.3) is 5.91 Å². The highest BCUT2D eigenvalue weighted by Gasteiger charge is 2.37. The number of hydrogen-bond donors (Lipinski definition) is 0. The molecule has 1 aliphatic rings. The summed E-state index contributed by atoms with van der Waals surface area (Å²) < 4.78 is 6.98. The van der Waals surface area contributed by atoms with E-state index in [-0.39, 0.29) is 11.8 Å². The average molecular weight is 387 g/mol. The number of aryl methyl sites for hydroxylation is 1. The maximum absolute atomic E-state index is 12.9. The predicted octanol–water partition coefficient (Wildman–Crippen LogP) is 2.17. The molecule has 1 amide bonds. The first-order valence-corrected chi connectivity index (χ1v) is 9.18. The summed E-state index contributed by atoms with van der Waals surface area (Å²) in [6, 6.07) is 11.6. The van der Waals surface area contributed by atoms with Crippen molar-refractivity contribution < 1.29 is 9.32 Å². The van der Waals surface area contributed by atoms with Crippen molar-refractivity contribution in [2.24, 2.45) is 7.05 Å². The maximum atomic E-state index is 12.9. The van der Waals surface area contributed by atoms with Crippen molar-refractivity contribution in [1.29, 1.82) is 0 Å². The van der Waals surface area contributed by atoms with E-state index in [2.05, 4.69) is 25.2 Å². The molecule has 0 N–H and O–H groups in total. The Morgan fingerprint density at radius 3 is 2.72 bits per heavy atom. The van der Waals surface area contributed by atoms with Gasteiger partial charge in [-0.1, -0.05) is 35.5 Å². The average Bonchev–Trinajstić information content (AvgIpc) is 3.35. The van der Waals surface area contributed by atoms with Gasteiger partial charge in [0.2, 0.25) is 11.7 Å². The molecule has 4 heterocycles. The second-order valence-electron chi connectivity index (χ2n) is 6.86. The summed E-state index contributed by atoms with van der Waals surface area (Å²) in [6.07, 6.45) is 4.74. The Labute approximate surface area is 166 Å². The van der Waals surface area contributed by atoms with Gasteiger partial charge in [0, 0.05) is 38.1 Å². The van der Waals surface area contributed by atoms with Gasteiger partial charge in [-0.25, -0.2) is 4.98 Å². The van der Waals surface area contributed by atoms with Crippen LogP contribution in [0.2, 0.25) is 0 Å². The lowest BCUT2D eigenvalue weighted by atomic mass is 9.99. The van der Waals surface area contributed by atoms with E-state index in [1.807, 2.05) is 36.4 Å². The number of hydrogen-bond acceptors (Lipinski definition) is 7. The Hall–Kier alpha value is -3.88. The molecule has 1 aromatic carbocycles. The molecule has 144 valence electrons. The normalized spacial score (nSPS) is 14.0. The van der Waals surface area contributed by atoms with Gasteiger partial charge in [0.1, 0.15) is 11.4 Å². The monoisotopic (exact) mass is 387 g/mol. The third-order valence-corrected chi connectivity index (χ3v) is 4.92. The minimum absolute atomic E-state index is 0.0127. The Kier molecular flexibility index (Phi) is 4.12. The van der Waals surface area contributed by atoms with E-state index in [9.17, 15) is 4.79 Å². The highest BCUT2D eigenvalue weighted by Crippen LogP contribution is 2.29. The third kappa shape index (κ3) is 3.16. The molecular formula is C20H17N7O2. The highest BCUT2D eigenvalue weighted by molar-refractivity contribution is 5.94. The second-order valence-corrected chi connectivity index (χ2v) is 6.86. The van der Waals surface area contributed by atoms with Crippen molar-refractivity contribution in [2.45, 2.75) is 5.92 Å². The first kappa shape index (κ1) is 17.2. The number of amides is 1. The molecule has 0 atom stereocenters. The molecule has 0 radical (unpaired) electrons. The van der Waals surface area contributed by atoms with Gasteiger partial charge in [-0.15, -0.1) is 0 Å². The van der Waals surface area contributed by atoms with Crippen LogP contribution in [0, 0.1) is 0 Å². The van der Waals surface area contributed by atoms with E-state index in [1.165, 1.54) is 0 Å². The van der Waals surface area contributed by atoms with Crippen molar-refractivity contribution in [1.82, 2.24) is 34.8 Å². The van der Waals surface area contributed by atoms with Crippen molar-refractivity contribution in [2.75, 3.05) is 13.1 Å². The molecule has 3 aromatic heterocycles. The third-order valence-electron chi connectivity index (χ3n) is 4.92. The van der Waals surface area contributed by atoms with Gasteiger partial charge in [0.05, 0.1) is 17.8 Å². The topological polar surface area (TPSA) is 103 Å². The fourth-order valence-electron chi connectivity index (χ4n) is 3.30. The molecule has 9 heteroatoms. The summed E-state index contributed by atoms with van der Waals surface area (Å²) >= 11 is 0. The van der Waals surface area contributed by atoms with Gasteiger partial charge in [-0.3, -0.25) is 14.5 Å². The van der Waals surface area contributed by atoms with E-state index in [1.54, 1.807) is 35.2 Å². The largest absolute Gasteiger partial charge is 0.338 e. The predicted molar refractivity (Wildman–Crippen MR) is 103 cm³/mol. The number of rotatable bonds is 4. The number of nitrogens with zero attached hydrogens (tertiary/aromatic N) is 7. The van der Waals surface area contributed by atoms with Crippen molar-refractivity contribution in [3.63, 3.8) is 0 Å². The number of carbonyl (C=O) groups excluding carboxylic acids is 1. The zero-order chi connectivity index (χ0) is 19.8. The van der Waals surface area contributed by atoms with E-state index in [0.717, 1.165) is 11.3 Å². The van der Waals surface area contributed by atoms with E-state index < -0.39 is 0 Å². The summed E-state index contributed by atoms with van der Waals surface area (Å²) in [5.41, 5.74) is 2.86. The Morgan fingerprint density at radius 2 is 1.97 bits per heavy atom. The number of likely N-dealkylation sites (tertiary alicyclic amines) is 1. The molecule has 1 aliphatic heterocycles. The van der Waals surface area contributed by atoms with Crippen LogP contribution < -0.4 is 0 Å². The van der Waals surface area contributed by atoms with Crippen LogP contribution in [0.3, 0.4) is 0 Å². The molecule has 0 aliphatic carbocycles. The highest BCUT2D eigenvalue weighted by atomic mass is 16.5. The molecule has 1 fully saturated rings. The molecular weight excluding hydrogens is 370 g/mol. The first-order valence-electron chi connectivity index (χ1n) is 9.18. The van der Waals surface area contributed by atoms with Crippen molar-refractivity contribution in [3.8, 4) is 22.8 Å². The molecule has 0 spiro atoms. The molecule has 5 rings (SSSR count). The Bertz CT molecular complexity index is 1150. The molecule has 9 nitrogen and oxygen atoms in total. The van der Waals surface area contributed by atoms with Crippen molar-refractivity contribution in [3.05, 3.63) is 66.6 Å².